The highest BCUT2D eigenvalue weighted by atomic mass is 32.2. The first kappa shape index (κ1) is 24.1. The van der Waals surface area contributed by atoms with Crippen LogP contribution in [0.4, 0.5) is 13.6 Å². The smallest absolute Gasteiger partial charge is 0.319 e. The molecule has 2 amide bonds. The van der Waals surface area contributed by atoms with Gasteiger partial charge in [-0.2, -0.15) is 17.4 Å². The van der Waals surface area contributed by atoms with Crippen molar-refractivity contribution >= 4 is 16.2 Å². The van der Waals surface area contributed by atoms with E-state index in [1.54, 1.807) is 23.1 Å². The normalized spacial score (nSPS) is 23.7. The number of rotatable bonds is 6. The molecule has 0 unspecified atom stereocenters. The summed E-state index contributed by atoms with van der Waals surface area (Å²) in [6, 6.07) is 12.9. The lowest BCUT2D eigenvalue weighted by Gasteiger charge is -2.39. The lowest BCUT2D eigenvalue weighted by Crippen LogP contribution is -2.59. The lowest BCUT2D eigenvalue weighted by molar-refractivity contribution is 0.0643. The summed E-state index contributed by atoms with van der Waals surface area (Å²) >= 11 is 0. The molecular formula is C25H30F2N4O3S. The number of nitrogens with zero attached hydrogens (tertiary/aromatic N) is 3. The van der Waals surface area contributed by atoms with E-state index in [0.717, 1.165) is 22.7 Å². The Bertz CT molecular complexity index is 1210. The van der Waals surface area contributed by atoms with Crippen molar-refractivity contribution in [2.24, 2.45) is 5.41 Å². The zero-order valence-electron chi connectivity index (χ0n) is 19.8. The molecule has 188 valence electrons. The number of hydrogen-bond acceptors (Lipinski definition) is 3. The second-order valence-electron chi connectivity index (χ2n) is 10.1. The molecule has 0 bridgehead atoms. The molecule has 2 heterocycles. The van der Waals surface area contributed by atoms with Crippen molar-refractivity contribution in [3.8, 4) is 11.1 Å². The fourth-order valence-corrected chi connectivity index (χ4v) is 6.18. The number of benzene rings is 2. The van der Waals surface area contributed by atoms with Crippen LogP contribution in [-0.4, -0.2) is 80.5 Å². The van der Waals surface area contributed by atoms with Crippen molar-refractivity contribution in [3.05, 3.63) is 59.9 Å². The van der Waals surface area contributed by atoms with Crippen LogP contribution in [0, 0.1) is 11.2 Å². The van der Waals surface area contributed by atoms with E-state index < -0.39 is 33.9 Å². The summed E-state index contributed by atoms with van der Waals surface area (Å²) in [6.07, 6.45) is 0.643. The number of carbonyl (C=O) groups excluding carboxylic acids is 1. The van der Waals surface area contributed by atoms with Crippen LogP contribution in [0.1, 0.15) is 18.4 Å². The summed E-state index contributed by atoms with van der Waals surface area (Å²) in [5.74, 6) is -0.384. The molecule has 1 spiro atoms. The van der Waals surface area contributed by atoms with Gasteiger partial charge in [0.15, 0.2) is 0 Å². The van der Waals surface area contributed by atoms with Crippen LogP contribution >= 0.6 is 0 Å². The maximum absolute atomic E-state index is 15.7. The van der Waals surface area contributed by atoms with Gasteiger partial charge in [-0.1, -0.05) is 48.5 Å². The second-order valence-corrected chi connectivity index (χ2v) is 12.0. The first-order chi connectivity index (χ1) is 16.6. The molecule has 0 radical (unpaired) electrons. The molecule has 3 fully saturated rings. The average molecular weight is 505 g/mol. The van der Waals surface area contributed by atoms with Gasteiger partial charge in [-0.25, -0.2) is 13.6 Å². The summed E-state index contributed by atoms with van der Waals surface area (Å²) in [6.45, 7) is 0.423. The van der Waals surface area contributed by atoms with Gasteiger partial charge < -0.3 is 9.80 Å². The van der Waals surface area contributed by atoms with E-state index in [-0.39, 0.29) is 31.4 Å². The van der Waals surface area contributed by atoms with Crippen LogP contribution in [0.15, 0.2) is 48.5 Å². The molecule has 2 aromatic carbocycles. The second kappa shape index (κ2) is 8.83. The molecule has 3 aliphatic rings. The number of alkyl halides is 1. The largest absolute Gasteiger partial charge is 0.320 e. The minimum Gasteiger partial charge on any atom is -0.319 e. The predicted molar refractivity (Wildman–Crippen MR) is 129 cm³/mol. The standard InChI is InChI=1S/C25H30F2N4O3S/c1-29(2)35(33,34)28-23-21(31(16-25(23)11-12-25)24(32)30-14-19(26)15-30)13-18-9-6-10-20(22(18)27)17-7-4-3-5-8-17/h3-10,19,21,23,28H,11-16H2,1-2H3/t21-,23+/m0/s1. The van der Waals surface area contributed by atoms with Crippen LogP contribution in [0.3, 0.4) is 0 Å². The summed E-state index contributed by atoms with van der Waals surface area (Å²) < 4.78 is 58.7. The van der Waals surface area contributed by atoms with Gasteiger partial charge in [0.2, 0.25) is 0 Å². The van der Waals surface area contributed by atoms with Gasteiger partial charge >= 0.3 is 6.03 Å². The van der Waals surface area contributed by atoms with Crippen molar-refractivity contribution in [2.75, 3.05) is 33.7 Å². The predicted octanol–water partition coefficient (Wildman–Crippen LogP) is 3.04. The van der Waals surface area contributed by atoms with Crippen molar-refractivity contribution < 1.29 is 22.0 Å². The van der Waals surface area contributed by atoms with E-state index >= 15 is 4.39 Å². The quantitative estimate of drug-likeness (QED) is 0.657. The van der Waals surface area contributed by atoms with E-state index in [4.69, 9.17) is 0 Å². The van der Waals surface area contributed by atoms with Crippen LogP contribution < -0.4 is 4.72 Å². The Labute approximate surface area is 204 Å². The number of nitrogens with one attached hydrogen (secondary N) is 1. The van der Waals surface area contributed by atoms with Crippen LogP contribution in [0.2, 0.25) is 0 Å². The summed E-state index contributed by atoms with van der Waals surface area (Å²) in [7, 11) is -0.903. The molecule has 1 saturated carbocycles. The molecule has 1 aliphatic carbocycles. The maximum Gasteiger partial charge on any atom is 0.320 e. The van der Waals surface area contributed by atoms with Crippen LogP contribution in [0.5, 0.6) is 0 Å². The van der Waals surface area contributed by atoms with E-state index in [1.165, 1.54) is 19.0 Å². The molecule has 2 atom stereocenters. The fourth-order valence-electron chi connectivity index (χ4n) is 5.25. The molecule has 2 saturated heterocycles. The molecule has 10 heteroatoms. The third-order valence-corrected chi connectivity index (χ3v) is 9.04. The van der Waals surface area contributed by atoms with Gasteiger partial charge in [-0.15, -0.1) is 0 Å². The zero-order chi connectivity index (χ0) is 25.0. The summed E-state index contributed by atoms with van der Waals surface area (Å²) in [5, 5.41) is 0. The fraction of sp³-hybridized carbons (Fsp3) is 0.480. The number of hydrogen-bond donors (Lipinski definition) is 1. The van der Waals surface area contributed by atoms with Crippen molar-refractivity contribution in [2.45, 2.75) is 37.5 Å². The Hall–Kier alpha value is -2.56. The average Bonchev–Trinajstić information content (AvgIpc) is 3.53. The number of carbonyl (C=O) groups is 1. The number of halogens is 2. The first-order valence-electron chi connectivity index (χ1n) is 11.8. The highest BCUT2D eigenvalue weighted by Gasteiger charge is 2.62. The van der Waals surface area contributed by atoms with Gasteiger partial charge in [-0.3, -0.25) is 0 Å². The third kappa shape index (κ3) is 4.43. The van der Waals surface area contributed by atoms with Gasteiger partial charge in [0, 0.05) is 31.6 Å². The number of amides is 2. The lowest BCUT2D eigenvalue weighted by atomic mass is 9.91. The molecule has 0 aromatic heterocycles. The first-order valence-corrected chi connectivity index (χ1v) is 13.3. The number of likely N-dealkylation sites (tertiary alicyclic amines) is 2. The van der Waals surface area contributed by atoms with Crippen molar-refractivity contribution in [1.82, 2.24) is 18.8 Å². The number of urea groups is 1. The minimum atomic E-state index is -3.79. The summed E-state index contributed by atoms with van der Waals surface area (Å²) in [4.78, 5) is 16.4. The monoisotopic (exact) mass is 504 g/mol. The highest BCUT2D eigenvalue weighted by molar-refractivity contribution is 7.87. The SMILES string of the molecule is CN(C)S(=O)(=O)N[C@@H]1[C@H](Cc2cccc(-c3ccccc3)c2F)N(C(=O)N2CC(F)C2)CC12CC2. The van der Waals surface area contributed by atoms with E-state index in [9.17, 15) is 17.6 Å². The van der Waals surface area contributed by atoms with Gasteiger partial charge in [0.25, 0.3) is 10.2 Å². The van der Waals surface area contributed by atoms with E-state index in [1.807, 2.05) is 30.3 Å². The molecule has 5 rings (SSSR count). The van der Waals surface area contributed by atoms with Gasteiger partial charge in [-0.05, 0) is 30.4 Å². The topological polar surface area (TPSA) is 73.0 Å². The van der Waals surface area contributed by atoms with E-state index in [2.05, 4.69) is 4.72 Å². The molecule has 35 heavy (non-hydrogen) atoms. The van der Waals surface area contributed by atoms with Crippen molar-refractivity contribution in [3.63, 3.8) is 0 Å². The Morgan fingerprint density at radius 3 is 2.40 bits per heavy atom. The van der Waals surface area contributed by atoms with Gasteiger partial charge in [0.1, 0.15) is 12.0 Å². The molecule has 2 aliphatic heterocycles. The Morgan fingerprint density at radius 2 is 1.80 bits per heavy atom. The highest BCUT2D eigenvalue weighted by Crippen LogP contribution is 2.56. The van der Waals surface area contributed by atoms with Gasteiger partial charge in [0.05, 0.1) is 25.2 Å². The Balaban J connectivity index is 1.50. The molecular weight excluding hydrogens is 474 g/mol. The Kier molecular flexibility index (Phi) is 6.09. The van der Waals surface area contributed by atoms with Crippen LogP contribution in [-0.2, 0) is 16.6 Å². The van der Waals surface area contributed by atoms with Crippen LogP contribution in [0.25, 0.3) is 11.1 Å². The maximum atomic E-state index is 15.7. The Morgan fingerprint density at radius 1 is 1.11 bits per heavy atom. The molecule has 2 aromatic rings. The molecule has 7 nitrogen and oxygen atoms in total. The third-order valence-electron chi connectivity index (χ3n) is 7.52. The van der Waals surface area contributed by atoms with Crippen molar-refractivity contribution in [1.29, 1.82) is 0 Å². The molecule has 1 N–H and O–H groups in total. The van der Waals surface area contributed by atoms with E-state index in [0.29, 0.717) is 17.7 Å². The summed E-state index contributed by atoms with van der Waals surface area (Å²) in [5.41, 5.74) is 1.21. The minimum absolute atomic E-state index is 0.0288. The zero-order valence-corrected chi connectivity index (χ0v) is 20.6.